The number of aliphatic hydroxyl groups excluding tert-OH is 1. The van der Waals surface area contributed by atoms with Gasteiger partial charge in [-0.05, 0) is 24.1 Å². The van der Waals surface area contributed by atoms with E-state index >= 15 is 0 Å². The van der Waals surface area contributed by atoms with Crippen LogP contribution < -0.4 is 5.32 Å². The number of rotatable bonds is 2. The molecule has 0 bridgehead atoms. The monoisotopic (exact) mass is 215 g/mol. The molecule has 1 aromatic heterocycles. The van der Waals surface area contributed by atoms with Crippen molar-refractivity contribution in [2.24, 2.45) is 0 Å². The Labute approximate surface area is 93.7 Å². The second kappa shape index (κ2) is 3.68. The molecule has 1 aliphatic rings. The van der Waals surface area contributed by atoms with E-state index in [4.69, 9.17) is 4.42 Å². The van der Waals surface area contributed by atoms with Crippen molar-refractivity contribution in [3.05, 3.63) is 54.0 Å². The van der Waals surface area contributed by atoms with Crippen LogP contribution in [0.2, 0.25) is 0 Å². The Hall–Kier alpha value is -1.74. The van der Waals surface area contributed by atoms with Gasteiger partial charge < -0.3 is 14.8 Å². The molecule has 2 heterocycles. The zero-order valence-corrected chi connectivity index (χ0v) is 8.76. The lowest BCUT2D eigenvalue weighted by atomic mass is 10.0. The van der Waals surface area contributed by atoms with Crippen molar-refractivity contribution >= 4 is 5.69 Å². The average Bonchev–Trinajstić information content (AvgIpc) is 2.97. The minimum atomic E-state index is -0.522. The van der Waals surface area contributed by atoms with Crippen LogP contribution in [0.25, 0.3) is 0 Å². The van der Waals surface area contributed by atoms with Gasteiger partial charge in [0.25, 0.3) is 0 Å². The summed E-state index contributed by atoms with van der Waals surface area (Å²) in [5, 5.41) is 13.5. The number of benzene rings is 1. The summed E-state index contributed by atoms with van der Waals surface area (Å²) in [6.45, 7) is 0. The third-order valence-electron chi connectivity index (χ3n) is 3.06. The number of fused-ring (bicyclic) bond motifs is 1. The van der Waals surface area contributed by atoms with Crippen LogP contribution in [0.3, 0.4) is 0 Å². The lowest BCUT2D eigenvalue weighted by Crippen LogP contribution is -2.24. The van der Waals surface area contributed by atoms with Crippen LogP contribution in [0, 0.1) is 0 Å². The molecule has 1 aromatic carbocycles. The Morgan fingerprint density at radius 3 is 2.94 bits per heavy atom. The Bertz CT molecular complexity index is 453. The topological polar surface area (TPSA) is 45.4 Å². The summed E-state index contributed by atoms with van der Waals surface area (Å²) >= 11 is 0. The third kappa shape index (κ3) is 1.49. The largest absolute Gasteiger partial charge is 0.472 e. The zero-order valence-electron chi connectivity index (χ0n) is 8.76. The molecule has 0 saturated heterocycles. The van der Waals surface area contributed by atoms with Gasteiger partial charge in [0.15, 0.2) is 0 Å². The first kappa shape index (κ1) is 9.48. The molecule has 1 aliphatic heterocycles. The van der Waals surface area contributed by atoms with Gasteiger partial charge in [0.05, 0.1) is 18.6 Å². The van der Waals surface area contributed by atoms with Gasteiger partial charge in [-0.3, -0.25) is 0 Å². The molecule has 2 atom stereocenters. The summed E-state index contributed by atoms with van der Waals surface area (Å²) in [4.78, 5) is 0. The minimum Gasteiger partial charge on any atom is -0.472 e. The van der Waals surface area contributed by atoms with Crippen LogP contribution in [0.15, 0.2) is 47.3 Å². The Morgan fingerprint density at radius 2 is 2.19 bits per heavy atom. The van der Waals surface area contributed by atoms with Crippen molar-refractivity contribution in [1.29, 1.82) is 0 Å². The molecule has 82 valence electrons. The standard InChI is InChI=1S/C13H13NO2/c15-13(10-5-6-16-8-10)12-7-9-3-1-2-4-11(9)14-12/h1-6,8,12-15H,7H2. The number of aliphatic hydroxyl groups is 1. The maximum atomic E-state index is 10.2. The van der Waals surface area contributed by atoms with Crippen LogP contribution in [-0.2, 0) is 6.42 Å². The molecule has 0 radical (unpaired) electrons. The molecule has 0 aliphatic carbocycles. The second-order valence-electron chi connectivity index (χ2n) is 4.11. The number of anilines is 1. The summed E-state index contributed by atoms with van der Waals surface area (Å²) < 4.78 is 4.98. The highest BCUT2D eigenvalue weighted by Gasteiger charge is 2.27. The maximum Gasteiger partial charge on any atom is 0.102 e. The Balaban J connectivity index is 1.81. The highest BCUT2D eigenvalue weighted by molar-refractivity contribution is 5.57. The molecule has 0 fully saturated rings. The van der Waals surface area contributed by atoms with Crippen molar-refractivity contribution in [3.63, 3.8) is 0 Å². The molecule has 2 unspecified atom stereocenters. The van der Waals surface area contributed by atoms with Crippen molar-refractivity contribution in [3.8, 4) is 0 Å². The molecule has 0 amide bonds. The fourth-order valence-electron chi connectivity index (χ4n) is 2.19. The molecular weight excluding hydrogens is 202 g/mol. The van der Waals surface area contributed by atoms with Gasteiger partial charge in [-0.15, -0.1) is 0 Å². The number of para-hydroxylation sites is 1. The van der Waals surface area contributed by atoms with Gasteiger partial charge in [0.2, 0.25) is 0 Å². The van der Waals surface area contributed by atoms with Crippen LogP contribution in [0.5, 0.6) is 0 Å². The number of nitrogens with one attached hydrogen (secondary N) is 1. The first-order valence-corrected chi connectivity index (χ1v) is 5.39. The van der Waals surface area contributed by atoms with E-state index in [1.165, 1.54) is 5.56 Å². The second-order valence-corrected chi connectivity index (χ2v) is 4.11. The number of hydrogen-bond acceptors (Lipinski definition) is 3. The molecule has 3 rings (SSSR count). The smallest absolute Gasteiger partial charge is 0.102 e. The van der Waals surface area contributed by atoms with E-state index in [1.54, 1.807) is 18.6 Å². The van der Waals surface area contributed by atoms with Gasteiger partial charge in [0.1, 0.15) is 6.10 Å². The number of hydrogen-bond donors (Lipinski definition) is 2. The zero-order chi connectivity index (χ0) is 11.0. The SMILES string of the molecule is OC(c1ccoc1)C1Cc2ccccc2N1. The molecule has 16 heavy (non-hydrogen) atoms. The van der Waals surface area contributed by atoms with E-state index in [-0.39, 0.29) is 6.04 Å². The van der Waals surface area contributed by atoms with Crippen molar-refractivity contribution in [1.82, 2.24) is 0 Å². The van der Waals surface area contributed by atoms with Crippen molar-refractivity contribution < 1.29 is 9.52 Å². The molecule has 2 N–H and O–H groups in total. The van der Waals surface area contributed by atoms with Crippen molar-refractivity contribution in [2.75, 3.05) is 5.32 Å². The highest BCUT2D eigenvalue weighted by Crippen LogP contribution is 2.31. The average molecular weight is 215 g/mol. The van der Waals surface area contributed by atoms with E-state index in [1.807, 2.05) is 18.2 Å². The van der Waals surface area contributed by atoms with E-state index in [0.29, 0.717) is 0 Å². The third-order valence-corrected chi connectivity index (χ3v) is 3.06. The fourth-order valence-corrected chi connectivity index (χ4v) is 2.19. The van der Waals surface area contributed by atoms with Crippen LogP contribution >= 0.6 is 0 Å². The molecule has 0 spiro atoms. The molecule has 0 saturated carbocycles. The van der Waals surface area contributed by atoms with E-state index in [0.717, 1.165) is 17.7 Å². The van der Waals surface area contributed by atoms with E-state index < -0.39 is 6.10 Å². The number of furan rings is 1. The van der Waals surface area contributed by atoms with Crippen molar-refractivity contribution in [2.45, 2.75) is 18.6 Å². The van der Waals surface area contributed by atoms with Gasteiger partial charge in [0, 0.05) is 11.3 Å². The predicted molar refractivity (Wildman–Crippen MR) is 61.2 cm³/mol. The van der Waals surface area contributed by atoms with Crippen LogP contribution in [-0.4, -0.2) is 11.1 Å². The molecule has 2 aromatic rings. The van der Waals surface area contributed by atoms with E-state index in [9.17, 15) is 5.11 Å². The minimum absolute atomic E-state index is 0.0370. The Kier molecular flexibility index (Phi) is 2.18. The summed E-state index contributed by atoms with van der Waals surface area (Å²) in [6, 6.07) is 9.98. The predicted octanol–water partition coefficient (Wildman–Crippen LogP) is 2.35. The first-order chi connectivity index (χ1) is 7.84. The lowest BCUT2D eigenvalue weighted by Gasteiger charge is -2.17. The summed E-state index contributed by atoms with van der Waals surface area (Å²) in [5.41, 5.74) is 3.20. The molecule has 3 heteroatoms. The summed E-state index contributed by atoms with van der Waals surface area (Å²) in [6.07, 6.45) is 3.50. The summed E-state index contributed by atoms with van der Waals surface area (Å²) in [5.74, 6) is 0. The first-order valence-electron chi connectivity index (χ1n) is 5.39. The highest BCUT2D eigenvalue weighted by atomic mass is 16.3. The van der Waals surface area contributed by atoms with Gasteiger partial charge >= 0.3 is 0 Å². The van der Waals surface area contributed by atoms with Gasteiger partial charge in [-0.1, -0.05) is 18.2 Å². The molecule has 3 nitrogen and oxygen atoms in total. The van der Waals surface area contributed by atoms with Crippen LogP contribution in [0.1, 0.15) is 17.2 Å². The maximum absolute atomic E-state index is 10.2. The van der Waals surface area contributed by atoms with Crippen LogP contribution in [0.4, 0.5) is 5.69 Å². The Morgan fingerprint density at radius 1 is 1.31 bits per heavy atom. The summed E-state index contributed by atoms with van der Waals surface area (Å²) in [7, 11) is 0. The van der Waals surface area contributed by atoms with Gasteiger partial charge in [-0.25, -0.2) is 0 Å². The molecular formula is C13H13NO2. The fraction of sp³-hybridized carbons (Fsp3) is 0.231. The normalized spacial score (nSPS) is 20.2. The quantitative estimate of drug-likeness (QED) is 0.808. The van der Waals surface area contributed by atoms with Gasteiger partial charge in [-0.2, -0.15) is 0 Å². The lowest BCUT2D eigenvalue weighted by molar-refractivity contribution is 0.156. The van der Waals surface area contributed by atoms with E-state index in [2.05, 4.69) is 11.4 Å².